The van der Waals surface area contributed by atoms with E-state index in [4.69, 9.17) is 5.73 Å². The highest BCUT2D eigenvalue weighted by Gasteiger charge is 2.05. The number of nitrogens with zero attached hydrogens (tertiary/aromatic N) is 3. The lowest BCUT2D eigenvalue weighted by atomic mass is 10.2. The maximum Gasteiger partial charge on any atom is 0.0639 e. The van der Waals surface area contributed by atoms with Gasteiger partial charge in [-0.25, -0.2) is 0 Å². The molecule has 2 aromatic heterocycles. The molecular weight excluding hydrogens is 212 g/mol. The zero-order valence-corrected chi connectivity index (χ0v) is 10.6. The molecule has 0 aliphatic carbocycles. The molecule has 0 spiro atoms. The van der Waals surface area contributed by atoms with E-state index in [0.717, 1.165) is 25.2 Å². The summed E-state index contributed by atoms with van der Waals surface area (Å²) in [5, 5.41) is 4.45. The van der Waals surface area contributed by atoms with E-state index in [1.807, 2.05) is 6.92 Å². The van der Waals surface area contributed by atoms with E-state index in [2.05, 4.69) is 45.8 Å². The van der Waals surface area contributed by atoms with Gasteiger partial charge < -0.3 is 10.3 Å². The number of rotatable bonds is 5. The van der Waals surface area contributed by atoms with Crippen molar-refractivity contribution in [2.75, 3.05) is 6.54 Å². The van der Waals surface area contributed by atoms with Gasteiger partial charge in [-0.1, -0.05) is 0 Å². The van der Waals surface area contributed by atoms with Crippen LogP contribution in [0.25, 0.3) is 0 Å². The molecule has 0 atom stereocenters. The van der Waals surface area contributed by atoms with Gasteiger partial charge in [-0.3, -0.25) is 4.68 Å². The molecule has 0 aliphatic rings. The van der Waals surface area contributed by atoms with Crippen LogP contribution in [0.3, 0.4) is 0 Å². The third kappa shape index (κ3) is 2.77. The Morgan fingerprint density at radius 3 is 2.94 bits per heavy atom. The van der Waals surface area contributed by atoms with Crippen LogP contribution in [0.2, 0.25) is 0 Å². The summed E-state index contributed by atoms with van der Waals surface area (Å²) in [5.74, 6) is 0. The molecule has 0 bridgehead atoms. The fraction of sp³-hybridized carbons (Fsp3) is 0.462. The summed E-state index contributed by atoms with van der Waals surface area (Å²) in [6, 6.07) is 4.28. The number of hydrogen-bond acceptors (Lipinski definition) is 2. The summed E-state index contributed by atoms with van der Waals surface area (Å²) >= 11 is 0. The van der Waals surface area contributed by atoms with Gasteiger partial charge in [0.15, 0.2) is 0 Å². The van der Waals surface area contributed by atoms with Crippen molar-refractivity contribution in [2.24, 2.45) is 5.73 Å². The summed E-state index contributed by atoms with van der Waals surface area (Å²) in [7, 11) is 0. The minimum Gasteiger partial charge on any atom is -0.348 e. The lowest BCUT2D eigenvalue weighted by Gasteiger charge is -2.05. The zero-order valence-electron chi connectivity index (χ0n) is 10.6. The average molecular weight is 232 g/mol. The summed E-state index contributed by atoms with van der Waals surface area (Å²) in [6.07, 6.45) is 5.21. The Morgan fingerprint density at radius 2 is 2.24 bits per heavy atom. The summed E-state index contributed by atoms with van der Waals surface area (Å²) in [4.78, 5) is 0. The first kappa shape index (κ1) is 11.9. The average Bonchev–Trinajstić information content (AvgIpc) is 2.87. The second-order valence-corrected chi connectivity index (χ2v) is 4.32. The van der Waals surface area contributed by atoms with Gasteiger partial charge in [0.2, 0.25) is 0 Å². The van der Waals surface area contributed by atoms with E-state index in [-0.39, 0.29) is 0 Å². The summed E-state index contributed by atoms with van der Waals surface area (Å²) in [6.45, 7) is 6.64. The van der Waals surface area contributed by atoms with E-state index in [0.29, 0.717) is 6.54 Å². The Balaban J connectivity index is 2.13. The highest BCUT2D eigenvalue weighted by atomic mass is 15.3. The Morgan fingerprint density at radius 1 is 1.41 bits per heavy atom. The second-order valence-electron chi connectivity index (χ2n) is 4.32. The highest BCUT2D eigenvalue weighted by molar-refractivity contribution is 5.14. The molecule has 0 amide bonds. The van der Waals surface area contributed by atoms with Gasteiger partial charge in [-0.15, -0.1) is 0 Å². The molecule has 0 saturated heterocycles. The first-order valence-electron chi connectivity index (χ1n) is 6.11. The van der Waals surface area contributed by atoms with Crippen LogP contribution in [0.4, 0.5) is 0 Å². The maximum absolute atomic E-state index is 5.55. The SMILES string of the molecule is CCn1nc(C)cc1Cn1ccc(CCN)c1. The zero-order chi connectivity index (χ0) is 12.3. The van der Waals surface area contributed by atoms with E-state index in [1.165, 1.54) is 11.3 Å². The molecule has 0 fully saturated rings. The molecule has 4 heteroatoms. The molecule has 2 aromatic rings. The van der Waals surface area contributed by atoms with E-state index < -0.39 is 0 Å². The van der Waals surface area contributed by atoms with Crippen molar-refractivity contribution in [3.8, 4) is 0 Å². The fourth-order valence-electron chi connectivity index (χ4n) is 2.09. The van der Waals surface area contributed by atoms with Crippen LogP contribution in [0.1, 0.15) is 23.9 Å². The number of aryl methyl sites for hydroxylation is 2. The van der Waals surface area contributed by atoms with Crippen molar-refractivity contribution in [1.29, 1.82) is 0 Å². The monoisotopic (exact) mass is 232 g/mol. The normalized spacial score (nSPS) is 11.0. The quantitative estimate of drug-likeness (QED) is 0.850. The first-order chi connectivity index (χ1) is 8.22. The van der Waals surface area contributed by atoms with E-state index >= 15 is 0 Å². The van der Waals surface area contributed by atoms with Gasteiger partial charge >= 0.3 is 0 Å². The standard InChI is InChI=1S/C13H20N4/c1-3-17-13(8-11(2)15-17)10-16-7-5-12(9-16)4-6-14/h5,7-9H,3-4,6,10,14H2,1-2H3. The van der Waals surface area contributed by atoms with E-state index in [1.54, 1.807) is 0 Å². The smallest absolute Gasteiger partial charge is 0.0639 e. The Hall–Kier alpha value is -1.55. The maximum atomic E-state index is 5.55. The molecule has 0 aliphatic heterocycles. The van der Waals surface area contributed by atoms with Crippen molar-refractivity contribution in [3.05, 3.63) is 41.5 Å². The third-order valence-corrected chi connectivity index (χ3v) is 2.87. The summed E-state index contributed by atoms with van der Waals surface area (Å²) in [5.41, 5.74) is 9.18. The van der Waals surface area contributed by atoms with Gasteiger partial charge in [0.1, 0.15) is 0 Å². The molecular formula is C13H20N4. The Bertz CT molecular complexity index is 481. The van der Waals surface area contributed by atoms with Crippen LogP contribution in [0, 0.1) is 6.92 Å². The number of nitrogens with two attached hydrogens (primary N) is 1. The lowest BCUT2D eigenvalue weighted by Crippen LogP contribution is -2.07. The molecule has 2 rings (SSSR count). The van der Waals surface area contributed by atoms with Gasteiger partial charge in [0.05, 0.1) is 17.9 Å². The summed E-state index contributed by atoms with van der Waals surface area (Å²) < 4.78 is 4.24. The van der Waals surface area contributed by atoms with Crippen molar-refractivity contribution in [3.63, 3.8) is 0 Å². The van der Waals surface area contributed by atoms with Crippen LogP contribution in [-0.4, -0.2) is 20.9 Å². The largest absolute Gasteiger partial charge is 0.348 e. The topological polar surface area (TPSA) is 48.8 Å². The van der Waals surface area contributed by atoms with Crippen LogP contribution in [0.15, 0.2) is 24.5 Å². The molecule has 2 N–H and O–H groups in total. The minimum absolute atomic E-state index is 0.704. The van der Waals surface area contributed by atoms with Crippen molar-refractivity contribution in [2.45, 2.75) is 33.4 Å². The predicted octanol–water partition coefficient (Wildman–Crippen LogP) is 1.56. The van der Waals surface area contributed by atoms with Crippen LogP contribution >= 0.6 is 0 Å². The fourth-order valence-corrected chi connectivity index (χ4v) is 2.09. The molecule has 17 heavy (non-hydrogen) atoms. The Kier molecular flexibility index (Phi) is 3.64. The van der Waals surface area contributed by atoms with Crippen LogP contribution < -0.4 is 5.73 Å². The Labute approximate surface area is 102 Å². The van der Waals surface area contributed by atoms with Gasteiger partial charge in [-0.05, 0) is 44.5 Å². The second kappa shape index (κ2) is 5.19. The molecule has 0 saturated carbocycles. The predicted molar refractivity (Wildman–Crippen MR) is 68.9 cm³/mol. The molecule has 4 nitrogen and oxygen atoms in total. The van der Waals surface area contributed by atoms with Crippen molar-refractivity contribution in [1.82, 2.24) is 14.3 Å². The van der Waals surface area contributed by atoms with E-state index in [9.17, 15) is 0 Å². The molecule has 2 heterocycles. The molecule has 0 aromatic carbocycles. The molecule has 0 unspecified atom stereocenters. The number of aromatic nitrogens is 3. The lowest BCUT2D eigenvalue weighted by molar-refractivity contribution is 0.597. The van der Waals surface area contributed by atoms with Gasteiger partial charge in [0.25, 0.3) is 0 Å². The van der Waals surface area contributed by atoms with Crippen molar-refractivity contribution >= 4 is 0 Å². The third-order valence-electron chi connectivity index (χ3n) is 2.87. The molecule has 0 radical (unpaired) electrons. The van der Waals surface area contributed by atoms with Crippen LogP contribution in [-0.2, 0) is 19.5 Å². The minimum atomic E-state index is 0.704. The first-order valence-corrected chi connectivity index (χ1v) is 6.11. The van der Waals surface area contributed by atoms with Crippen molar-refractivity contribution < 1.29 is 0 Å². The molecule has 92 valence electrons. The van der Waals surface area contributed by atoms with Gasteiger partial charge in [-0.2, -0.15) is 5.10 Å². The van der Waals surface area contributed by atoms with Crippen LogP contribution in [0.5, 0.6) is 0 Å². The number of hydrogen-bond donors (Lipinski definition) is 1. The van der Waals surface area contributed by atoms with Gasteiger partial charge in [0, 0.05) is 18.9 Å². The highest BCUT2D eigenvalue weighted by Crippen LogP contribution is 2.09.